The number of halogens is 1. The van der Waals surface area contributed by atoms with Crippen molar-refractivity contribution in [2.45, 2.75) is 19.4 Å². The van der Waals surface area contributed by atoms with E-state index in [4.69, 9.17) is 11.6 Å². The molecular weight excluding hydrogens is 262 g/mol. The SMILES string of the molecule is CCC(=O)NC(c1ccc(Cl)cc1)c1nccn1C. The van der Waals surface area contributed by atoms with Crippen molar-refractivity contribution >= 4 is 17.5 Å². The first kappa shape index (κ1) is 13.6. The zero-order valence-electron chi connectivity index (χ0n) is 10.9. The van der Waals surface area contributed by atoms with Crippen LogP contribution in [-0.2, 0) is 11.8 Å². The minimum atomic E-state index is -0.260. The van der Waals surface area contributed by atoms with Gasteiger partial charge in [-0.3, -0.25) is 4.79 Å². The number of nitrogens with one attached hydrogen (secondary N) is 1. The number of carbonyl (C=O) groups excluding carboxylic acids is 1. The van der Waals surface area contributed by atoms with Crippen LogP contribution in [0.1, 0.15) is 30.8 Å². The van der Waals surface area contributed by atoms with E-state index < -0.39 is 0 Å². The zero-order valence-corrected chi connectivity index (χ0v) is 11.7. The number of amides is 1. The van der Waals surface area contributed by atoms with Crippen LogP contribution in [0.25, 0.3) is 0 Å². The number of hydrogen-bond donors (Lipinski definition) is 1. The Morgan fingerprint density at radius 2 is 2.11 bits per heavy atom. The van der Waals surface area contributed by atoms with Gasteiger partial charge in [-0.05, 0) is 17.7 Å². The largest absolute Gasteiger partial charge is 0.342 e. The van der Waals surface area contributed by atoms with Gasteiger partial charge in [0, 0.05) is 30.9 Å². The molecule has 1 unspecified atom stereocenters. The molecule has 1 atom stereocenters. The molecule has 1 heterocycles. The second kappa shape index (κ2) is 5.89. The van der Waals surface area contributed by atoms with Crippen LogP contribution in [0.5, 0.6) is 0 Å². The van der Waals surface area contributed by atoms with Crippen molar-refractivity contribution in [3.05, 3.63) is 53.1 Å². The van der Waals surface area contributed by atoms with Gasteiger partial charge in [-0.25, -0.2) is 4.98 Å². The minimum Gasteiger partial charge on any atom is -0.342 e. The summed E-state index contributed by atoms with van der Waals surface area (Å²) >= 11 is 5.90. The molecule has 1 N–H and O–H groups in total. The Balaban J connectivity index is 2.37. The van der Waals surface area contributed by atoms with Crippen LogP contribution in [-0.4, -0.2) is 15.5 Å². The van der Waals surface area contributed by atoms with Gasteiger partial charge in [0.1, 0.15) is 11.9 Å². The number of nitrogens with zero attached hydrogens (tertiary/aromatic N) is 2. The first-order chi connectivity index (χ1) is 9.11. The average molecular weight is 278 g/mol. The summed E-state index contributed by atoms with van der Waals surface area (Å²) in [5, 5.41) is 3.65. The summed E-state index contributed by atoms with van der Waals surface area (Å²) in [7, 11) is 1.91. The van der Waals surface area contributed by atoms with E-state index in [1.165, 1.54) is 0 Å². The van der Waals surface area contributed by atoms with Crippen molar-refractivity contribution in [3.8, 4) is 0 Å². The van der Waals surface area contributed by atoms with Crippen molar-refractivity contribution in [1.82, 2.24) is 14.9 Å². The molecule has 4 nitrogen and oxygen atoms in total. The Labute approximate surface area is 117 Å². The molecule has 0 aliphatic heterocycles. The van der Waals surface area contributed by atoms with Gasteiger partial charge >= 0.3 is 0 Å². The molecule has 100 valence electrons. The average Bonchev–Trinajstić information content (AvgIpc) is 2.83. The van der Waals surface area contributed by atoms with Gasteiger partial charge in [0.05, 0.1) is 0 Å². The van der Waals surface area contributed by atoms with Gasteiger partial charge in [-0.2, -0.15) is 0 Å². The number of rotatable bonds is 4. The van der Waals surface area contributed by atoms with Crippen LogP contribution in [0, 0.1) is 0 Å². The van der Waals surface area contributed by atoms with Crippen molar-refractivity contribution < 1.29 is 4.79 Å². The topological polar surface area (TPSA) is 46.9 Å². The molecule has 1 aromatic carbocycles. The number of benzene rings is 1. The monoisotopic (exact) mass is 277 g/mol. The Morgan fingerprint density at radius 1 is 1.42 bits per heavy atom. The summed E-state index contributed by atoms with van der Waals surface area (Å²) in [5.41, 5.74) is 0.959. The molecule has 0 aliphatic carbocycles. The van der Waals surface area contributed by atoms with E-state index in [9.17, 15) is 4.79 Å². The molecule has 5 heteroatoms. The molecule has 0 fully saturated rings. The maximum Gasteiger partial charge on any atom is 0.220 e. The number of aromatic nitrogens is 2. The van der Waals surface area contributed by atoms with Crippen LogP contribution >= 0.6 is 11.6 Å². The van der Waals surface area contributed by atoms with Crippen LogP contribution < -0.4 is 5.32 Å². The van der Waals surface area contributed by atoms with Crippen LogP contribution in [0.15, 0.2) is 36.7 Å². The van der Waals surface area contributed by atoms with Crippen molar-refractivity contribution in [2.75, 3.05) is 0 Å². The summed E-state index contributed by atoms with van der Waals surface area (Å²) < 4.78 is 1.90. The zero-order chi connectivity index (χ0) is 13.8. The van der Waals surface area contributed by atoms with Crippen LogP contribution in [0.3, 0.4) is 0 Å². The summed E-state index contributed by atoms with van der Waals surface area (Å²) in [6, 6.07) is 7.16. The van der Waals surface area contributed by atoms with Gasteiger partial charge in [-0.15, -0.1) is 0 Å². The van der Waals surface area contributed by atoms with E-state index in [2.05, 4.69) is 10.3 Å². The lowest BCUT2D eigenvalue weighted by atomic mass is 10.1. The minimum absolute atomic E-state index is 0.0112. The highest BCUT2D eigenvalue weighted by atomic mass is 35.5. The third-order valence-electron chi connectivity index (χ3n) is 2.95. The Morgan fingerprint density at radius 3 is 2.63 bits per heavy atom. The number of hydrogen-bond acceptors (Lipinski definition) is 2. The van der Waals surface area contributed by atoms with E-state index >= 15 is 0 Å². The molecule has 2 rings (SSSR count). The van der Waals surface area contributed by atoms with Crippen LogP contribution in [0.2, 0.25) is 5.02 Å². The summed E-state index contributed by atoms with van der Waals surface area (Å²) in [4.78, 5) is 16.0. The molecule has 1 amide bonds. The van der Waals surface area contributed by atoms with Crippen molar-refractivity contribution in [3.63, 3.8) is 0 Å². The highest BCUT2D eigenvalue weighted by Gasteiger charge is 2.19. The number of imidazole rings is 1. The van der Waals surface area contributed by atoms with Gasteiger partial charge in [0.2, 0.25) is 5.91 Å². The molecule has 0 radical (unpaired) electrons. The first-order valence-corrected chi connectivity index (χ1v) is 6.51. The fourth-order valence-corrected chi connectivity index (χ4v) is 2.00. The predicted molar refractivity (Wildman–Crippen MR) is 74.9 cm³/mol. The van der Waals surface area contributed by atoms with Gasteiger partial charge in [0.25, 0.3) is 0 Å². The number of carbonyl (C=O) groups is 1. The fourth-order valence-electron chi connectivity index (χ4n) is 1.87. The lowest BCUT2D eigenvalue weighted by Crippen LogP contribution is -2.30. The summed E-state index contributed by atoms with van der Waals surface area (Å²) in [6.07, 6.45) is 4.02. The third kappa shape index (κ3) is 3.15. The van der Waals surface area contributed by atoms with E-state index in [1.807, 2.05) is 49.0 Å². The van der Waals surface area contributed by atoms with E-state index in [0.717, 1.165) is 11.4 Å². The molecule has 0 spiro atoms. The van der Waals surface area contributed by atoms with E-state index in [-0.39, 0.29) is 11.9 Å². The van der Waals surface area contributed by atoms with Gasteiger partial charge < -0.3 is 9.88 Å². The van der Waals surface area contributed by atoms with E-state index in [1.54, 1.807) is 6.20 Å². The standard InChI is InChI=1S/C14H16ClN3O/c1-3-12(19)17-13(14-16-8-9-18(14)2)10-4-6-11(15)7-5-10/h4-9,13H,3H2,1-2H3,(H,17,19). The molecule has 0 aliphatic rings. The summed E-state index contributed by atoms with van der Waals surface area (Å²) in [6.45, 7) is 1.83. The number of aryl methyl sites for hydroxylation is 1. The van der Waals surface area contributed by atoms with E-state index in [0.29, 0.717) is 11.4 Å². The first-order valence-electron chi connectivity index (χ1n) is 6.14. The fraction of sp³-hybridized carbons (Fsp3) is 0.286. The van der Waals surface area contributed by atoms with Crippen molar-refractivity contribution in [1.29, 1.82) is 0 Å². The van der Waals surface area contributed by atoms with Crippen LogP contribution in [0.4, 0.5) is 0 Å². The molecule has 2 aromatic rings. The second-order valence-electron chi connectivity index (χ2n) is 4.30. The lowest BCUT2D eigenvalue weighted by molar-refractivity contribution is -0.121. The normalized spacial score (nSPS) is 12.2. The van der Waals surface area contributed by atoms with Crippen molar-refractivity contribution in [2.24, 2.45) is 7.05 Å². The molecule has 0 bridgehead atoms. The quantitative estimate of drug-likeness (QED) is 0.934. The Bertz CT molecular complexity index is 562. The second-order valence-corrected chi connectivity index (χ2v) is 4.74. The Kier molecular flexibility index (Phi) is 4.22. The molecule has 0 saturated carbocycles. The molecule has 0 saturated heterocycles. The maximum absolute atomic E-state index is 11.7. The summed E-state index contributed by atoms with van der Waals surface area (Å²) in [5.74, 6) is 0.784. The highest BCUT2D eigenvalue weighted by molar-refractivity contribution is 6.30. The lowest BCUT2D eigenvalue weighted by Gasteiger charge is -2.18. The molecule has 1 aromatic heterocycles. The van der Waals surface area contributed by atoms with Gasteiger partial charge in [-0.1, -0.05) is 30.7 Å². The Hall–Kier alpha value is -1.81. The highest BCUT2D eigenvalue weighted by Crippen LogP contribution is 2.22. The smallest absolute Gasteiger partial charge is 0.220 e. The predicted octanol–water partition coefficient (Wildman–Crippen LogP) is 2.69. The maximum atomic E-state index is 11.7. The third-order valence-corrected chi connectivity index (χ3v) is 3.20. The molecular formula is C14H16ClN3O. The molecule has 19 heavy (non-hydrogen) atoms. The van der Waals surface area contributed by atoms with Gasteiger partial charge in [0.15, 0.2) is 0 Å².